The zero-order chi connectivity index (χ0) is 14.8. The summed E-state index contributed by atoms with van der Waals surface area (Å²) in [5.41, 5.74) is 0.619. The molecule has 0 heterocycles. The van der Waals surface area contributed by atoms with E-state index in [0.717, 1.165) is 22.9 Å². The zero-order valence-corrected chi connectivity index (χ0v) is 13.2. The third kappa shape index (κ3) is 3.20. The van der Waals surface area contributed by atoms with Gasteiger partial charge in [0.2, 0.25) is 5.91 Å². The van der Waals surface area contributed by atoms with Crippen molar-refractivity contribution >= 4 is 27.8 Å². The Kier molecular flexibility index (Phi) is 4.48. The van der Waals surface area contributed by atoms with E-state index in [1.807, 2.05) is 31.2 Å². The first-order valence-corrected chi connectivity index (χ1v) is 7.41. The number of carbonyl (C=O) groups is 2. The fraction of sp³-hybridized carbons (Fsp3) is 0.467. The lowest BCUT2D eigenvalue weighted by atomic mass is 9.94. The highest BCUT2D eigenvalue weighted by atomic mass is 79.9. The van der Waals surface area contributed by atoms with Crippen molar-refractivity contribution in [2.45, 2.75) is 37.6 Å². The Bertz CT molecular complexity index is 508. The molecule has 1 N–H and O–H groups in total. The van der Waals surface area contributed by atoms with E-state index >= 15 is 0 Å². The Morgan fingerprint density at radius 3 is 2.45 bits per heavy atom. The molecule has 1 aliphatic carbocycles. The number of ether oxygens (including phenoxy) is 1. The van der Waals surface area contributed by atoms with Gasteiger partial charge in [0.15, 0.2) is 0 Å². The number of halogens is 1. The lowest BCUT2D eigenvalue weighted by molar-refractivity contribution is -0.141. The predicted molar refractivity (Wildman–Crippen MR) is 79.3 cm³/mol. The number of rotatable bonds is 5. The van der Waals surface area contributed by atoms with Crippen molar-refractivity contribution in [1.29, 1.82) is 0 Å². The smallest absolute Gasteiger partial charge is 0.307 e. The van der Waals surface area contributed by atoms with Crippen LogP contribution >= 0.6 is 15.9 Å². The summed E-state index contributed by atoms with van der Waals surface area (Å²) in [7, 11) is 1.35. The molecule has 4 nitrogen and oxygen atoms in total. The van der Waals surface area contributed by atoms with Gasteiger partial charge in [-0.05, 0) is 37.5 Å². The molecule has 0 radical (unpaired) electrons. The van der Waals surface area contributed by atoms with Gasteiger partial charge in [0.25, 0.3) is 0 Å². The molecule has 20 heavy (non-hydrogen) atoms. The molecule has 1 atom stereocenters. The molecule has 108 valence electrons. The average Bonchev–Trinajstić information content (AvgIpc) is 3.20. The summed E-state index contributed by atoms with van der Waals surface area (Å²) >= 11 is 3.39. The van der Waals surface area contributed by atoms with Gasteiger partial charge in [0.1, 0.15) is 0 Å². The van der Waals surface area contributed by atoms with Crippen LogP contribution in [0.3, 0.4) is 0 Å². The number of esters is 1. The highest BCUT2D eigenvalue weighted by Crippen LogP contribution is 2.48. The quantitative estimate of drug-likeness (QED) is 0.838. The summed E-state index contributed by atoms with van der Waals surface area (Å²) in [6, 6.07) is 7.62. The molecule has 0 aliphatic heterocycles. The van der Waals surface area contributed by atoms with Gasteiger partial charge in [0.05, 0.1) is 18.9 Å². The standard InChI is InChI=1S/C15H18BrNO3/c1-10(9-13(18)20-2)17-14(19)15(7-8-15)11-3-5-12(16)6-4-11/h3-6,10H,7-9H2,1-2H3,(H,17,19). The molecule has 0 aromatic heterocycles. The average molecular weight is 340 g/mol. The number of nitrogens with one attached hydrogen (secondary N) is 1. The van der Waals surface area contributed by atoms with Crippen molar-refractivity contribution in [1.82, 2.24) is 5.32 Å². The molecule has 1 saturated carbocycles. The highest BCUT2D eigenvalue weighted by Gasteiger charge is 2.51. The van der Waals surface area contributed by atoms with E-state index in [-0.39, 0.29) is 24.3 Å². The maximum atomic E-state index is 12.4. The zero-order valence-electron chi connectivity index (χ0n) is 11.6. The van der Waals surface area contributed by atoms with Crippen LogP contribution in [-0.4, -0.2) is 25.0 Å². The van der Waals surface area contributed by atoms with Gasteiger partial charge in [0, 0.05) is 10.5 Å². The number of hydrogen-bond donors (Lipinski definition) is 1. The summed E-state index contributed by atoms with van der Waals surface area (Å²) in [4.78, 5) is 23.6. The van der Waals surface area contributed by atoms with E-state index in [2.05, 4.69) is 26.0 Å². The van der Waals surface area contributed by atoms with Crippen molar-refractivity contribution in [3.05, 3.63) is 34.3 Å². The van der Waals surface area contributed by atoms with E-state index < -0.39 is 5.41 Å². The topological polar surface area (TPSA) is 55.4 Å². The summed E-state index contributed by atoms with van der Waals surface area (Å²) in [5.74, 6) is -0.317. The Morgan fingerprint density at radius 1 is 1.35 bits per heavy atom. The molecule has 1 amide bonds. The largest absolute Gasteiger partial charge is 0.469 e. The lowest BCUT2D eigenvalue weighted by Gasteiger charge is -2.19. The molecule has 2 rings (SSSR count). The minimum absolute atomic E-state index is 0.00349. The Balaban J connectivity index is 2.01. The van der Waals surface area contributed by atoms with E-state index in [0.29, 0.717) is 0 Å². The van der Waals surface area contributed by atoms with E-state index in [9.17, 15) is 9.59 Å². The third-order valence-electron chi connectivity index (χ3n) is 3.66. The maximum Gasteiger partial charge on any atom is 0.307 e. The fourth-order valence-electron chi connectivity index (χ4n) is 2.29. The SMILES string of the molecule is COC(=O)CC(C)NC(=O)C1(c2ccc(Br)cc2)CC1. The Morgan fingerprint density at radius 2 is 1.95 bits per heavy atom. The van der Waals surface area contributed by atoms with Crippen molar-refractivity contribution in [3.8, 4) is 0 Å². The molecule has 1 unspecified atom stereocenters. The monoisotopic (exact) mass is 339 g/mol. The predicted octanol–water partition coefficient (Wildman–Crippen LogP) is 2.55. The van der Waals surface area contributed by atoms with Crippen LogP contribution in [0.15, 0.2) is 28.7 Å². The molecule has 1 aromatic rings. The van der Waals surface area contributed by atoms with Gasteiger partial charge < -0.3 is 10.1 Å². The second-order valence-corrected chi connectivity index (χ2v) is 6.16. The van der Waals surface area contributed by atoms with E-state index in [1.165, 1.54) is 7.11 Å². The molecular formula is C15H18BrNO3. The van der Waals surface area contributed by atoms with Gasteiger partial charge in [-0.25, -0.2) is 0 Å². The van der Waals surface area contributed by atoms with Crippen molar-refractivity contribution in [3.63, 3.8) is 0 Å². The third-order valence-corrected chi connectivity index (χ3v) is 4.19. The molecule has 1 aromatic carbocycles. The van der Waals surface area contributed by atoms with Crippen molar-refractivity contribution < 1.29 is 14.3 Å². The molecule has 1 fully saturated rings. The molecule has 0 spiro atoms. The minimum atomic E-state index is -0.412. The Labute approximate surface area is 127 Å². The van der Waals surface area contributed by atoms with E-state index in [4.69, 9.17) is 0 Å². The van der Waals surface area contributed by atoms with Crippen LogP contribution in [0.5, 0.6) is 0 Å². The first kappa shape index (κ1) is 15.0. The maximum absolute atomic E-state index is 12.4. The summed E-state index contributed by atoms with van der Waals surface area (Å²) in [5, 5.41) is 2.91. The van der Waals surface area contributed by atoms with Crippen LogP contribution in [0, 0.1) is 0 Å². The van der Waals surface area contributed by atoms with E-state index in [1.54, 1.807) is 0 Å². The van der Waals surface area contributed by atoms with Crippen LogP contribution in [0.1, 0.15) is 31.7 Å². The van der Waals surface area contributed by atoms with Gasteiger partial charge >= 0.3 is 5.97 Å². The highest BCUT2D eigenvalue weighted by molar-refractivity contribution is 9.10. The fourth-order valence-corrected chi connectivity index (χ4v) is 2.55. The van der Waals surface area contributed by atoms with Crippen molar-refractivity contribution in [2.75, 3.05) is 7.11 Å². The summed E-state index contributed by atoms with van der Waals surface area (Å²) in [6.07, 6.45) is 1.90. The van der Waals surface area contributed by atoms with Gasteiger partial charge in [-0.2, -0.15) is 0 Å². The molecule has 0 bridgehead atoms. The van der Waals surface area contributed by atoms with Crippen molar-refractivity contribution in [2.24, 2.45) is 0 Å². The number of amides is 1. The molecule has 5 heteroatoms. The summed E-state index contributed by atoms with van der Waals surface area (Å²) in [6.45, 7) is 1.81. The normalized spacial score (nSPS) is 17.1. The van der Waals surface area contributed by atoms with Crippen LogP contribution in [0.4, 0.5) is 0 Å². The first-order valence-electron chi connectivity index (χ1n) is 6.62. The number of methoxy groups -OCH3 is 1. The van der Waals surface area contributed by atoms with Gasteiger partial charge in [-0.3, -0.25) is 9.59 Å². The van der Waals surface area contributed by atoms with Crippen LogP contribution < -0.4 is 5.32 Å². The molecular weight excluding hydrogens is 322 g/mol. The number of carbonyl (C=O) groups excluding carboxylic acids is 2. The van der Waals surface area contributed by atoms with Gasteiger partial charge in [-0.1, -0.05) is 28.1 Å². The second-order valence-electron chi connectivity index (χ2n) is 5.24. The number of hydrogen-bond acceptors (Lipinski definition) is 3. The van der Waals surface area contributed by atoms with Gasteiger partial charge in [-0.15, -0.1) is 0 Å². The minimum Gasteiger partial charge on any atom is -0.469 e. The second kappa shape index (κ2) is 5.95. The van der Waals surface area contributed by atoms with Crippen LogP contribution in [0.2, 0.25) is 0 Å². The Hall–Kier alpha value is -1.36. The summed E-state index contributed by atoms with van der Waals surface area (Å²) < 4.78 is 5.60. The lowest BCUT2D eigenvalue weighted by Crippen LogP contribution is -2.41. The molecule has 1 aliphatic rings. The van der Waals surface area contributed by atoms with Crippen LogP contribution in [-0.2, 0) is 19.7 Å². The van der Waals surface area contributed by atoms with Crippen LogP contribution in [0.25, 0.3) is 0 Å². The molecule has 0 saturated heterocycles. The number of benzene rings is 1. The first-order chi connectivity index (χ1) is 9.48.